The number of esters is 1. The van der Waals surface area contributed by atoms with Crippen molar-refractivity contribution < 1.29 is 23.6 Å². The topological polar surface area (TPSA) is 90.9 Å². The Bertz CT molecular complexity index is 478. The van der Waals surface area contributed by atoms with Gasteiger partial charge in [-0.3, -0.25) is 4.79 Å². The minimum Gasteiger partial charge on any atom is -0.598 e. The number of rotatable bonds is 4. The van der Waals surface area contributed by atoms with Crippen LogP contribution in [0, 0.1) is 5.41 Å². The third kappa shape index (κ3) is 4.77. The van der Waals surface area contributed by atoms with E-state index in [-0.39, 0.29) is 13.1 Å². The molecule has 7 nitrogen and oxygen atoms in total. The number of carbonyl (C=O) groups is 2. The van der Waals surface area contributed by atoms with E-state index >= 15 is 0 Å². The van der Waals surface area contributed by atoms with Gasteiger partial charge in [0.1, 0.15) is 15.8 Å². The summed E-state index contributed by atoms with van der Waals surface area (Å²) in [5.74, 6) is -0.423. The Balaban J connectivity index is 2.82. The van der Waals surface area contributed by atoms with Crippen molar-refractivity contribution in [3.63, 3.8) is 0 Å². The average Bonchev–Trinajstić information content (AvgIpc) is 2.33. The lowest BCUT2D eigenvalue weighted by molar-refractivity contribution is -0.165. The van der Waals surface area contributed by atoms with Crippen LogP contribution in [0.2, 0.25) is 0 Å². The molecule has 0 aliphatic carbocycles. The van der Waals surface area contributed by atoms with E-state index in [9.17, 15) is 14.1 Å². The van der Waals surface area contributed by atoms with Gasteiger partial charge >= 0.3 is 12.1 Å². The first-order valence-electron chi connectivity index (χ1n) is 7.97. The van der Waals surface area contributed by atoms with Gasteiger partial charge in [-0.2, -0.15) is 0 Å². The Morgan fingerprint density at radius 3 is 2.08 bits per heavy atom. The van der Waals surface area contributed by atoms with Gasteiger partial charge in [0.05, 0.1) is 13.2 Å². The first kappa shape index (κ1) is 21.1. The zero-order chi connectivity index (χ0) is 18.9. The predicted molar refractivity (Wildman–Crippen MR) is 92.7 cm³/mol. The molecule has 1 fully saturated rings. The lowest BCUT2D eigenvalue weighted by Crippen LogP contribution is -2.70. The maximum Gasteiger partial charge on any atom is 0.410 e. The molecule has 1 saturated heterocycles. The molecule has 2 atom stereocenters. The summed E-state index contributed by atoms with van der Waals surface area (Å²) in [6.45, 7) is 13.0. The molecule has 0 aromatic heterocycles. The van der Waals surface area contributed by atoms with Crippen LogP contribution in [-0.4, -0.2) is 58.1 Å². The lowest BCUT2D eigenvalue weighted by Gasteiger charge is -2.50. The van der Waals surface area contributed by atoms with E-state index < -0.39 is 45.2 Å². The van der Waals surface area contributed by atoms with E-state index in [1.54, 1.807) is 27.7 Å². The fraction of sp³-hybridized carbons (Fsp3) is 0.875. The summed E-state index contributed by atoms with van der Waals surface area (Å²) < 4.78 is 25.1. The van der Waals surface area contributed by atoms with Gasteiger partial charge in [0.15, 0.2) is 0 Å². The number of ether oxygens (including phenoxy) is 2. The maximum absolute atomic E-state index is 12.3. The van der Waals surface area contributed by atoms with Crippen molar-refractivity contribution in [2.75, 3.05) is 20.2 Å². The molecule has 0 aromatic rings. The number of carbonyl (C=O) groups excluding carboxylic acids is 2. The highest BCUT2D eigenvalue weighted by Crippen LogP contribution is 2.37. The number of nitrogens with one attached hydrogen (secondary N) is 1. The third-order valence-electron chi connectivity index (χ3n) is 3.86. The Morgan fingerprint density at radius 1 is 1.21 bits per heavy atom. The minimum absolute atomic E-state index is 0.171. The molecular weight excluding hydrogens is 332 g/mol. The summed E-state index contributed by atoms with van der Waals surface area (Å²) in [6, 6.07) is -0.413. The van der Waals surface area contributed by atoms with Crippen molar-refractivity contribution >= 4 is 23.4 Å². The molecular formula is C16H30N2O5S. The van der Waals surface area contributed by atoms with E-state index in [1.165, 1.54) is 12.0 Å². The molecule has 1 amide bonds. The Labute approximate surface area is 147 Å². The van der Waals surface area contributed by atoms with Crippen LogP contribution in [0.3, 0.4) is 0 Å². The van der Waals surface area contributed by atoms with Crippen LogP contribution in [0.25, 0.3) is 0 Å². The Hall–Kier alpha value is -0.990. The first-order chi connectivity index (χ1) is 10.7. The third-order valence-corrected chi connectivity index (χ3v) is 5.54. The summed E-state index contributed by atoms with van der Waals surface area (Å²) in [7, 11) is 1.31. The van der Waals surface area contributed by atoms with Crippen LogP contribution in [0.15, 0.2) is 0 Å². The molecule has 1 unspecified atom stereocenters. The van der Waals surface area contributed by atoms with Gasteiger partial charge in [0.25, 0.3) is 0 Å². The smallest absolute Gasteiger partial charge is 0.410 e. The Kier molecular flexibility index (Phi) is 6.22. The van der Waals surface area contributed by atoms with E-state index in [4.69, 9.17) is 9.47 Å². The molecule has 8 heteroatoms. The molecule has 140 valence electrons. The number of hydrogen-bond acceptors (Lipinski definition) is 6. The van der Waals surface area contributed by atoms with Crippen LogP contribution < -0.4 is 4.72 Å². The number of likely N-dealkylation sites (tertiary alicyclic amines) is 1. The second-order valence-corrected chi connectivity index (χ2v) is 10.2. The van der Waals surface area contributed by atoms with Gasteiger partial charge < -0.3 is 18.9 Å². The highest BCUT2D eigenvalue weighted by molar-refractivity contribution is 7.90. The molecule has 1 N–H and O–H groups in total. The zero-order valence-electron chi connectivity index (χ0n) is 15.9. The van der Waals surface area contributed by atoms with Crippen molar-refractivity contribution in [1.29, 1.82) is 0 Å². The van der Waals surface area contributed by atoms with E-state index in [0.717, 1.165) is 0 Å². The van der Waals surface area contributed by atoms with Gasteiger partial charge in [0.2, 0.25) is 0 Å². The van der Waals surface area contributed by atoms with Crippen molar-refractivity contribution in [2.45, 2.75) is 64.9 Å². The summed E-state index contributed by atoms with van der Waals surface area (Å²) in [4.78, 5) is 25.9. The van der Waals surface area contributed by atoms with Crippen molar-refractivity contribution in [2.24, 2.45) is 5.41 Å². The summed E-state index contributed by atoms with van der Waals surface area (Å²) in [5, 5.41) is 0. The highest BCUT2D eigenvalue weighted by Gasteiger charge is 2.58. The van der Waals surface area contributed by atoms with E-state index in [0.29, 0.717) is 0 Å². The first-order valence-corrected chi connectivity index (χ1v) is 9.12. The number of amides is 1. The average molecular weight is 362 g/mol. The fourth-order valence-electron chi connectivity index (χ4n) is 2.32. The monoisotopic (exact) mass is 362 g/mol. The molecule has 0 aromatic carbocycles. The van der Waals surface area contributed by atoms with Gasteiger partial charge in [-0.05, 0) is 48.5 Å². The number of nitrogens with zero attached hydrogens (tertiary/aromatic N) is 1. The number of hydrogen-bond donors (Lipinski definition) is 1. The Morgan fingerprint density at radius 2 is 1.71 bits per heavy atom. The molecule has 1 rings (SSSR count). The van der Waals surface area contributed by atoms with Crippen LogP contribution in [0.5, 0.6) is 0 Å². The van der Waals surface area contributed by atoms with E-state index in [2.05, 4.69) is 4.72 Å². The largest absolute Gasteiger partial charge is 0.598 e. The van der Waals surface area contributed by atoms with Crippen LogP contribution in [-0.2, 0) is 25.6 Å². The number of methoxy groups -OCH3 is 1. The van der Waals surface area contributed by atoms with Crippen LogP contribution in [0.1, 0.15) is 48.5 Å². The van der Waals surface area contributed by atoms with Gasteiger partial charge in [-0.25, -0.2) is 4.79 Å². The molecule has 0 bridgehead atoms. The van der Waals surface area contributed by atoms with Crippen molar-refractivity contribution in [3.8, 4) is 0 Å². The van der Waals surface area contributed by atoms with Crippen LogP contribution >= 0.6 is 0 Å². The SMILES string of the molecule is COC(=O)C1([C@H](C)N[S+]([O-])C(C)(C)C)CN(C(=O)OC(C)(C)C)C1. The van der Waals surface area contributed by atoms with Crippen LogP contribution in [0.4, 0.5) is 4.79 Å². The molecule has 0 radical (unpaired) electrons. The minimum atomic E-state index is -1.33. The van der Waals surface area contributed by atoms with E-state index in [1.807, 2.05) is 20.8 Å². The predicted octanol–water partition coefficient (Wildman–Crippen LogP) is 1.84. The standard InChI is InChI=1S/C16H30N2O5S/c1-11(17-24(21)15(5,6)7)16(12(19)22-8)9-18(10-16)13(20)23-14(2,3)4/h11,17H,9-10H2,1-8H3/t11-,24?/m0/s1. The van der Waals surface area contributed by atoms with Gasteiger partial charge in [-0.1, -0.05) is 0 Å². The summed E-state index contributed by atoms with van der Waals surface area (Å²) in [6.07, 6.45) is -0.467. The molecule has 0 saturated carbocycles. The quantitative estimate of drug-likeness (QED) is 0.606. The second kappa shape index (κ2) is 7.09. The summed E-state index contributed by atoms with van der Waals surface area (Å²) in [5.41, 5.74) is -1.52. The molecule has 1 aliphatic heterocycles. The van der Waals surface area contributed by atoms with Crippen molar-refractivity contribution in [3.05, 3.63) is 0 Å². The zero-order valence-corrected chi connectivity index (χ0v) is 16.7. The second-order valence-electron chi connectivity index (χ2n) is 8.20. The molecule has 1 aliphatic rings. The lowest BCUT2D eigenvalue weighted by atomic mass is 9.74. The molecule has 24 heavy (non-hydrogen) atoms. The maximum atomic E-state index is 12.3. The van der Waals surface area contributed by atoms with Gasteiger partial charge in [-0.15, -0.1) is 4.72 Å². The molecule has 1 heterocycles. The van der Waals surface area contributed by atoms with Crippen molar-refractivity contribution in [1.82, 2.24) is 9.62 Å². The summed E-state index contributed by atoms with van der Waals surface area (Å²) >= 11 is -1.33. The fourth-order valence-corrected chi connectivity index (χ4v) is 3.22. The molecule has 0 spiro atoms. The highest BCUT2D eigenvalue weighted by atomic mass is 32.2. The van der Waals surface area contributed by atoms with Gasteiger partial charge in [0, 0.05) is 24.5 Å². The normalized spacial score (nSPS) is 20.0.